The monoisotopic (exact) mass is 341 g/mol. The van der Waals surface area contributed by atoms with Crippen molar-refractivity contribution in [3.05, 3.63) is 42.5 Å². The van der Waals surface area contributed by atoms with Crippen LogP contribution in [0.3, 0.4) is 0 Å². The fourth-order valence-corrected chi connectivity index (χ4v) is 2.80. The Morgan fingerprint density at radius 2 is 1.70 bits per heavy atom. The van der Waals surface area contributed by atoms with Gasteiger partial charge >= 0.3 is 11.9 Å². The summed E-state index contributed by atoms with van der Waals surface area (Å²) in [6.45, 7) is 3.24. The SMILES string of the molecule is CCOC(=O)/C=C/C(=O)OCC(C)NS(=O)(=O)c1ccccc1. The second-order valence-corrected chi connectivity index (χ2v) is 6.26. The van der Waals surface area contributed by atoms with Gasteiger partial charge in [0, 0.05) is 12.2 Å². The van der Waals surface area contributed by atoms with Gasteiger partial charge in [-0.1, -0.05) is 18.2 Å². The number of hydrogen-bond donors (Lipinski definition) is 1. The molecule has 0 saturated carbocycles. The van der Waals surface area contributed by atoms with Crippen molar-refractivity contribution in [1.29, 1.82) is 0 Å². The molecule has 1 atom stereocenters. The van der Waals surface area contributed by atoms with Gasteiger partial charge in [-0.2, -0.15) is 0 Å². The van der Waals surface area contributed by atoms with Crippen molar-refractivity contribution >= 4 is 22.0 Å². The third-order valence-electron chi connectivity index (χ3n) is 2.53. The molecule has 0 aliphatic carbocycles. The van der Waals surface area contributed by atoms with E-state index in [4.69, 9.17) is 4.74 Å². The number of sulfonamides is 1. The molecule has 126 valence electrons. The van der Waals surface area contributed by atoms with E-state index < -0.39 is 28.0 Å². The molecule has 1 unspecified atom stereocenters. The van der Waals surface area contributed by atoms with Gasteiger partial charge in [-0.15, -0.1) is 0 Å². The average molecular weight is 341 g/mol. The van der Waals surface area contributed by atoms with Gasteiger partial charge < -0.3 is 9.47 Å². The molecule has 0 aliphatic heterocycles. The lowest BCUT2D eigenvalue weighted by Crippen LogP contribution is -2.36. The number of benzene rings is 1. The van der Waals surface area contributed by atoms with E-state index in [1.807, 2.05) is 0 Å². The summed E-state index contributed by atoms with van der Waals surface area (Å²) in [7, 11) is -3.67. The lowest BCUT2D eigenvalue weighted by Gasteiger charge is -2.13. The van der Waals surface area contributed by atoms with Gasteiger partial charge in [0.15, 0.2) is 0 Å². The number of esters is 2. The first-order valence-electron chi connectivity index (χ1n) is 6.94. The van der Waals surface area contributed by atoms with Gasteiger partial charge in [-0.25, -0.2) is 22.7 Å². The van der Waals surface area contributed by atoms with Crippen LogP contribution in [0.4, 0.5) is 0 Å². The molecule has 0 aromatic heterocycles. The van der Waals surface area contributed by atoms with Crippen LogP contribution in [0.2, 0.25) is 0 Å². The molecule has 0 heterocycles. The molecule has 1 rings (SSSR count). The summed E-state index contributed by atoms with van der Waals surface area (Å²) < 4.78 is 35.9. The first kappa shape index (κ1) is 18.9. The molecule has 0 amide bonds. The third kappa shape index (κ3) is 7.07. The van der Waals surface area contributed by atoms with Crippen LogP contribution in [0.25, 0.3) is 0 Å². The standard InChI is InChI=1S/C15H19NO6S/c1-3-21-14(17)9-10-15(18)22-11-12(2)16-23(19,20)13-7-5-4-6-8-13/h4-10,12,16H,3,11H2,1-2H3/b10-9+. The molecule has 23 heavy (non-hydrogen) atoms. The molecule has 1 aromatic carbocycles. The average Bonchev–Trinajstić information content (AvgIpc) is 2.51. The Balaban J connectivity index is 2.47. The molecule has 0 aliphatic rings. The quantitative estimate of drug-likeness (QED) is 0.560. The summed E-state index contributed by atoms with van der Waals surface area (Å²) in [6, 6.07) is 7.23. The second kappa shape index (κ2) is 9.06. The first-order valence-corrected chi connectivity index (χ1v) is 8.42. The lowest BCUT2D eigenvalue weighted by molar-refractivity contribution is -0.140. The molecule has 8 heteroatoms. The number of ether oxygens (including phenoxy) is 2. The van der Waals surface area contributed by atoms with E-state index in [1.54, 1.807) is 32.0 Å². The van der Waals surface area contributed by atoms with Crippen LogP contribution in [-0.2, 0) is 29.1 Å². The minimum absolute atomic E-state index is 0.125. The van der Waals surface area contributed by atoms with Crippen LogP contribution in [0.15, 0.2) is 47.4 Å². The van der Waals surface area contributed by atoms with E-state index in [0.717, 1.165) is 12.2 Å². The van der Waals surface area contributed by atoms with Gasteiger partial charge in [-0.05, 0) is 26.0 Å². The zero-order chi connectivity index (χ0) is 17.3. The van der Waals surface area contributed by atoms with Gasteiger partial charge in [0.2, 0.25) is 10.0 Å². The van der Waals surface area contributed by atoms with Crippen LogP contribution in [-0.4, -0.2) is 39.6 Å². The number of carbonyl (C=O) groups is 2. The van der Waals surface area contributed by atoms with Crippen molar-refractivity contribution in [3.63, 3.8) is 0 Å². The highest BCUT2D eigenvalue weighted by atomic mass is 32.2. The Hall–Kier alpha value is -2.19. The number of carbonyl (C=O) groups excluding carboxylic acids is 2. The zero-order valence-electron chi connectivity index (χ0n) is 12.9. The zero-order valence-corrected chi connectivity index (χ0v) is 13.7. The molecule has 0 bridgehead atoms. The highest BCUT2D eigenvalue weighted by Gasteiger charge is 2.17. The van der Waals surface area contributed by atoms with E-state index in [2.05, 4.69) is 9.46 Å². The van der Waals surface area contributed by atoms with Crippen molar-refractivity contribution in [2.24, 2.45) is 0 Å². The van der Waals surface area contributed by atoms with Crippen molar-refractivity contribution < 1.29 is 27.5 Å². The largest absolute Gasteiger partial charge is 0.463 e. The predicted octanol–water partition coefficient (Wildman–Crippen LogP) is 1.02. The number of nitrogens with one attached hydrogen (secondary N) is 1. The molecule has 1 N–H and O–H groups in total. The molecule has 1 aromatic rings. The predicted molar refractivity (Wildman–Crippen MR) is 83.0 cm³/mol. The summed E-state index contributed by atoms with van der Waals surface area (Å²) in [4.78, 5) is 22.5. The van der Waals surface area contributed by atoms with Crippen LogP contribution in [0.5, 0.6) is 0 Å². The fourth-order valence-electron chi connectivity index (χ4n) is 1.55. The van der Waals surface area contributed by atoms with Gasteiger partial charge in [0.05, 0.1) is 17.5 Å². The minimum Gasteiger partial charge on any atom is -0.463 e. The minimum atomic E-state index is -3.67. The lowest BCUT2D eigenvalue weighted by atomic mass is 10.4. The maximum Gasteiger partial charge on any atom is 0.331 e. The van der Waals surface area contributed by atoms with Crippen LogP contribution >= 0.6 is 0 Å². The van der Waals surface area contributed by atoms with E-state index in [1.165, 1.54) is 12.1 Å². The molecule has 0 saturated heterocycles. The second-order valence-electron chi connectivity index (χ2n) is 4.55. The van der Waals surface area contributed by atoms with Crippen LogP contribution in [0, 0.1) is 0 Å². The van der Waals surface area contributed by atoms with Crippen LogP contribution < -0.4 is 4.72 Å². The highest BCUT2D eigenvalue weighted by molar-refractivity contribution is 7.89. The summed E-state index contributed by atoms with van der Waals surface area (Å²) in [5.41, 5.74) is 0. The normalized spacial score (nSPS) is 12.8. The Morgan fingerprint density at radius 3 is 2.26 bits per heavy atom. The Morgan fingerprint density at radius 1 is 1.13 bits per heavy atom. The van der Waals surface area contributed by atoms with Gasteiger partial charge in [0.1, 0.15) is 6.61 Å². The maximum absolute atomic E-state index is 12.0. The van der Waals surface area contributed by atoms with Gasteiger partial charge in [-0.3, -0.25) is 0 Å². The Labute approximate surface area is 135 Å². The molecular weight excluding hydrogens is 322 g/mol. The van der Waals surface area contributed by atoms with Crippen LogP contribution in [0.1, 0.15) is 13.8 Å². The molecular formula is C15H19NO6S. The molecule has 0 fully saturated rings. The van der Waals surface area contributed by atoms with E-state index in [9.17, 15) is 18.0 Å². The highest BCUT2D eigenvalue weighted by Crippen LogP contribution is 2.08. The van der Waals surface area contributed by atoms with E-state index >= 15 is 0 Å². The van der Waals surface area contributed by atoms with E-state index in [-0.39, 0.29) is 18.1 Å². The van der Waals surface area contributed by atoms with E-state index in [0.29, 0.717) is 0 Å². The van der Waals surface area contributed by atoms with Crippen molar-refractivity contribution in [1.82, 2.24) is 4.72 Å². The fraction of sp³-hybridized carbons (Fsp3) is 0.333. The first-order chi connectivity index (χ1) is 10.8. The summed E-state index contributed by atoms with van der Waals surface area (Å²) in [5.74, 6) is -1.41. The molecule has 7 nitrogen and oxygen atoms in total. The summed E-state index contributed by atoms with van der Waals surface area (Å²) in [6.07, 6.45) is 1.88. The summed E-state index contributed by atoms with van der Waals surface area (Å²) in [5, 5.41) is 0. The van der Waals surface area contributed by atoms with Crippen molar-refractivity contribution in [2.75, 3.05) is 13.2 Å². The van der Waals surface area contributed by atoms with Crippen molar-refractivity contribution in [3.8, 4) is 0 Å². The van der Waals surface area contributed by atoms with Crippen molar-refractivity contribution in [2.45, 2.75) is 24.8 Å². The topological polar surface area (TPSA) is 98.8 Å². The Bertz CT molecular complexity index is 654. The summed E-state index contributed by atoms with van der Waals surface area (Å²) >= 11 is 0. The molecule has 0 spiro atoms. The number of hydrogen-bond acceptors (Lipinski definition) is 6. The Kier molecular flexibility index (Phi) is 7.43. The number of rotatable bonds is 8. The van der Waals surface area contributed by atoms with Gasteiger partial charge in [0.25, 0.3) is 0 Å². The third-order valence-corrected chi connectivity index (χ3v) is 4.13. The maximum atomic E-state index is 12.0. The molecule has 0 radical (unpaired) electrons. The smallest absolute Gasteiger partial charge is 0.331 e.